The molecule has 0 aliphatic rings. The van der Waals surface area contributed by atoms with E-state index in [4.69, 9.17) is 0 Å². The van der Waals surface area contributed by atoms with Crippen LogP contribution >= 0.6 is 0 Å². The Kier molecular flexibility index (Phi) is 5.92. The summed E-state index contributed by atoms with van der Waals surface area (Å²) in [7, 11) is 0. The molecule has 0 aromatic heterocycles. The van der Waals surface area contributed by atoms with Crippen LogP contribution in [0, 0.1) is 11.8 Å². The SMILES string of the molecule is CC(Cc1ccc(O)c(O)c1)C(C)Cc1cc(O)c(O)cc1S(=O)[O-]. The summed E-state index contributed by atoms with van der Waals surface area (Å²) < 4.78 is 22.7. The van der Waals surface area contributed by atoms with Crippen molar-refractivity contribution >= 4 is 11.1 Å². The molecule has 0 aliphatic heterocycles. The van der Waals surface area contributed by atoms with Crippen molar-refractivity contribution in [1.82, 2.24) is 0 Å². The molecule has 0 radical (unpaired) electrons. The van der Waals surface area contributed by atoms with Gasteiger partial charge >= 0.3 is 0 Å². The van der Waals surface area contributed by atoms with Gasteiger partial charge in [0, 0.05) is 4.90 Å². The fourth-order valence-electron chi connectivity index (χ4n) is 2.73. The Balaban J connectivity index is 2.15. The lowest BCUT2D eigenvalue weighted by Crippen LogP contribution is -2.15. The molecule has 25 heavy (non-hydrogen) atoms. The number of rotatable bonds is 6. The number of aromatic hydroxyl groups is 4. The smallest absolute Gasteiger partial charge is 0.158 e. The summed E-state index contributed by atoms with van der Waals surface area (Å²) in [5.41, 5.74) is 1.30. The maximum atomic E-state index is 11.4. The van der Waals surface area contributed by atoms with E-state index in [1.54, 1.807) is 6.07 Å². The first-order valence-corrected chi connectivity index (χ1v) is 8.91. The van der Waals surface area contributed by atoms with E-state index in [1.807, 2.05) is 13.8 Å². The molecule has 3 atom stereocenters. The second-order valence-electron chi connectivity index (χ2n) is 6.37. The second-order valence-corrected chi connectivity index (χ2v) is 7.28. The van der Waals surface area contributed by atoms with Crippen LogP contribution in [-0.4, -0.2) is 29.2 Å². The number of phenolic OH excluding ortho intramolecular Hbond substituents is 4. The van der Waals surface area contributed by atoms with Crippen LogP contribution in [0.25, 0.3) is 0 Å². The lowest BCUT2D eigenvalue weighted by molar-refractivity contribution is 0.374. The number of hydrogen-bond acceptors (Lipinski definition) is 6. The molecule has 0 bridgehead atoms. The van der Waals surface area contributed by atoms with Gasteiger partial charge < -0.3 is 25.0 Å². The lowest BCUT2D eigenvalue weighted by atomic mass is 9.85. The van der Waals surface area contributed by atoms with Crippen LogP contribution in [0.15, 0.2) is 35.2 Å². The molecular weight excluding hydrogens is 344 g/mol. The third-order valence-electron chi connectivity index (χ3n) is 4.45. The van der Waals surface area contributed by atoms with Crippen LogP contribution < -0.4 is 0 Å². The molecule has 4 N–H and O–H groups in total. The van der Waals surface area contributed by atoms with Crippen LogP contribution in [0.3, 0.4) is 0 Å². The van der Waals surface area contributed by atoms with E-state index in [1.165, 1.54) is 18.2 Å². The first kappa shape index (κ1) is 19.1. The zero-order chi connectivity index (χ0) is 18.7. The molecule has 2 aromatic carbocycles. The van der Waals surface area contributed by atoms with Crippen molar-refractivity contribution in [1.29, 1.82) is 0 Å². The molecule has 2 rings (SSSR count). The summed E-state index contributed by atoms with van der Waals surface area (Å²) in [5, 5.41) is 38.1. The molecule has 0 amide bonds. The molecule has 0 saturated carbocycles. The van der Waals surface area contributed by atoms with Crippen molar-refractivity contribution in [2.45, 2.75) is 31.6 Å². The minimum atomic E-state index is -2.51. The summed E-state index contributed by atoms with van der Waals surface area (Å²) in [6, 6.07) is 6.98. The van der Waals surface area contributed by atoms with E-state index in [0.717, 1.165) is 11.6 Å². The zero-order valence-corrected chi connectivity index (χ0v) is 14.8. The van der Waals surface area contributed by atoms with Crippen LogP contribution in [0.5, 0.6) is 23.0 Å². The third kappa shape index (κ3) is 4.64. The van der Waals surface area contributed by atoms with E-state index >= 15 is 0 Å². The Hall–Kier alpha value is -2.25. The highest BCUT2D eigenvalue weighted by atomic mass is 32.2. The Morgan fingerprint density at radius 3 is 2.04 bits per heavy atom. The van der Waals surface area contributed by atoms with Gasteiger partial charge in [0.05, 0.1) is 0 Å². The fourth-order valence-corrected chi connectivity index (χ4v) is 3.30. The Morgan fingerprint density at radius 2 is 1.44 bits per heavy atom. The third-order valence-corrected chi connectivity index (χ3v) is 5.19. The van der Waals surface area contributed by atoms with Gasteiger partial charge in [-0.05, 0) is 71.2 Å². The van der Waals surface area contributed by atoms with Crippen molar-refractivity contribution in [3.63, 3.8) is 0 Å². The van der Waals surface area contributed by atoms with Crippen molar-refractivity contribution < 1.29 is 29.2 Å². The summed E-state index contributed by atoms with van der Waals surface area (Å²) in [6.45, 7) is 3.97. The molecular formula is C18H21O6S-. The molecule has 7 heteroatoms. The van der Waals surface area contributed by atoms with Gasteiger partial charge in [-0.2, -0.15) is 0 Å². The van der Waals surface area contributed by atoms with Gasteiger partial charge in [-0.25, -0.2) is 0 Å². The Bertz CT molecular complexity index is 789. The van der Waals surface area contributed by atoms with Gasteiger partial charge in [-0.1, -0.05) is 19.9 Å². The largest absolute Gasteiger partial charge is 0.768 e. The maximum Gasteiger partial charge on any atom is 0.158 e. The molecule has 0 aliphatic carbocycles. The first-order chi connectivity index (χ1) is 11.7. The molecule has 0 spiro atoms. The molecule has 6 nitrogen and oxygen atoms in total. The van der Waals surface area contributed by atoms with Crippen molar-refractivity contribution in [2.24, 2.45) is 11.8 Å². The standard InChI is InChI=1S/C18H22O6S/c1-10(5-12-3-4-14(19)15(20)7-12)11(2)6-13-8-16(21)17(22)9-18(13)25(23)24/h3-4,7-11,19-22H,5-6H2,1-2H3,(H,23,24)/p-1. The molecule has 136 valence electrons. The predicted octanol–water partition coefficient (Wildman–Crippen LogP) is 2.80. The Labute approximate surface area is 148 Å². The summed E-state index contributed by atoms with van der Waals surface area (Å²) in [6.07, 6.45) is 1.04. The quantitative estimate of drug-likeness (QED) is 0.461. The fraction of sp³-hybridized carbons (Fsp3) is 0.333. The monoisotopic (exact) mass is 365 g/mol. The minimum absolute atomic E-state index is 0.0309. The normalized spacial score (nSPS) is 14.8. The average Bonchev–Trinajstić information content (AvgIpc) is 2.53. The molecule has 0 fully saturated rings. The highest BCUT2D eigenvalue weighted by molar-refractivity contribution is 7.79. The van der Waals surface area contributed by atoms with E-state index in [9.17, 15) is 29.2 Å². The van der Waals surface area contributed by atoms with Crippen LogP contribution in [0.4, 0.5) is 0 Å². The second kappa shape index (κ2) is 7.76. The number of hydrogen-bond donors (Lipinski definition) is 4. The van der Waals surface area contributed by atoms with Gasteiger partial charge in [0.2, 0.25) is 0 Å². The van der Waals surface area contributed by atoms with Gasteiger partial charge in [-0.15, -0.1) is 0 Å². The van der Waals surface area contributed by atoms with E-state index in [0.29, 0.717) is 18.4 Å². The van der Waals surface area contributed by atoms with Crippen molar-refractivity contribution in [2.75, 3.05) is 0 Å². The first-order valence-electron chi connectivity index (χ1n) is 7.84. The summed E-state index contributed by atoms with van der Waals surface area (Å²) in [5.74, 6) is -0.956. The van der Waals surface area contributed by atoms with Crippen LogP contribution in [0.2, 0.25) is 0 Å². The van der Waals surface area contributed by atoms with Crippen molar-refractivity contribution in [3.05, 3.63) is 41.5 Å². The zero-order valence-electron chi connectivity index (χ0n) is 14.0. The van der Waals surface area contributed by atoms with E-state index in [-0.39, 0.29) is 34.0 Å². The highest BCUT2D eigenvalue weighted by Crippen LogP contribution is 2.33. The minimum Gasteiger partial charge on any atom is -0.768 e. The molecule has 2 aromatic rings. The topological polar surface area (TPSA) is 121 Å². The summed E-state index contributed by atoms with van der Waals surface area (Å²) in [4.78, 5) is -0.0309. The summed E-state index contributed by atoms with van der Waals surface area (Å²) >= 11 is -2.51. The van der Waals surface area contributed by atoms with Crippen molar-refractivity contribution in [3.8, 4) is 23.0 Å². The van der Waals surface area contributed by atoms with Gasteiger partial charge in [-0.3, -0.25) is 4.21 Å². The Morgan fingerprint density at radius 1 is 0.880 bits per heavy atom. The highest BCUT2D eigenvalue weighted by Gasteiger charge is 2.18. The number of phenols is 4. The lowest BCUT2D eigenvalue weighted by Gasteiger charge is -2.22. The van der Waals surface area contributed by atoms with E-state index < -0.39 is 16.8 Å². The molecule has 0 saturated heterocycles. The maximum absolute atomic E-state index is 11.4. The van der Waals surface area contributed by atoms with Gasteiger partial charge in [0.1, 0.15) is 0 Å². The van der Waals surface area contributed by atoms with Crippen LogP contribution in [-0.2, 0) is 23.9 Å². The van der Waals surface area contributed by atoms with Gasteiger partial charge in [0.15, 0.2) is 23.0 Å². The molecule has 3 unspecified atom stereocenters. The molecule has 0 heterocycles. The average molecular weight is 365 g/mol. The van der Waals surface area contributed by atoms with E-state index in [2.05, 4.69) is 0 Å². The van der Waals surface area contributed by atoms with Gasteiger partial charge in [0.25, 0.3) is 0 Å². The van der Waals surface area contributed by atoms with Crippen LogP contribution in [0.1, 0.15) is 25.0 Å². The predicted molar refractivity (Wildman–Crippen MR) is 92.5 cm³/mol. The number of benzene rings is 2.